The molecule has 4 heteroatoms. The van der Waals surface area contributed by atoms with Gasteiger partial charge in [-0.25, -0.2) is 8.78 Å². The Morgan fingerprint density at radius 2 is 1.75 bits per heavy atom. The van der Waals surface area contributed by atoms with Crippen LogP contribution in [0.1, 0.15) is 50.5 Å². The molecule has 0 radical (unpaired) electrons. The maximum atomic E-state index is 14.2. The first-order chi connectivity index (χ1) is 11.7. The van der Waals surface area contributed by atoms with Crippen molar-refractivity contribution in [2.24, 2.45) is 5.92 Å². The maximum Gasteiger partial charge on any atom is 0.127 e. The van der Waals surface area contributed by atoms with Gasteiger partial charge in [-0.2, -0.15) is 0 Å². The highest BCUT2D eigenvalue weighted by Gasteiger charge is 2.43. The van der Waals surface area contributed by atoms with Crippen LogP contribution in [0.5, 0.6) is 0 Å². The van der Waals surface area contributed by atoms with Gasteiger partial charge in [0.25, 0.3) is 0 Å². The Bertz CT molecular complexity index is 571. The zero-order chi connectivity index (χ0) is 16.5. The van der Waals surface area contributed by atoms with Crippen molar-refractivity contribution >= 4 is 0 Å². The molecule has 1 aliphatic carbocycles. The Hall–Kier alpha value is -1.00. The number of fused-ring (bicyclic) bond motifs is 1. The number of rotatable bonds is 3. The number of hydrogen-bond acceptors (Lipinski definition) is 2. The molecule has 132 valence electrons. The van der Waals surface area contributed by atoms with E-state index in [1.54, 1.807) is 0 Å². The van der Waals surface area contributed by atoms with E-state index in [-0.39, 0.29) is 11.6 Å². The van der Waals surface area contributed by atoms with Crippen LogP contribution in [0.4, 0.5) is 8.78 Å². The molecule has 1 aromatic carbocycles. The van der Waals surface area contributed by atoms with Crippen molar-refractivity contribution in [2.75, 3.05) is 19.6 Å². The van der Waals surface area contributed by atoms with Crippen LogP contribution < -0.4 is 0 Å². The number of benzene rings is 1. The van der Waals surface area contributed by atoms with Crippen LogP contribution in [0.3, 0.4) is 0 Å². The van der Waals surface area contributed by atoms with Crippen molar-refractivity contribution in [1.29, 1.82) is 0 Å². The number of nitrogens with zero attached hydrogens (tertiary/aromatic N) is 2. The number of halogens is 2. The van der Waals surface area contributed by atoms with Gasteiger partial charge >= 0.3 is 0 Å². The number of hydrogen-bond donors (Lipinski definition) is 0. The van der Waals surface area contributed by atoms with Gasteiger partial charge in [-0.3, -0.25) is 9.80 Å². The van der Waals surface area contributed by atoms with Crippen LogP contribution in [0.15, 0.2) is 18.2 Å². The fourth-order valence-corrected chi connectivity index (χ4v) is 5.32. The standard InChI is InChI=1S/C20H28F2N2/c21-17-8-9-18(22)16(13-17)14-24-12-11-23-10-4-7-19(23)20(24)15-5-2-1-3-6-15/h8-9,13,15,19-20H,1-7,10-12,14H2. The lowest BCUT2D eigenvalue weighted by atomic mass is 9.78. The van der Waals surface area contributed by atoms with Gasteiger partial charge in [-0.15, -0.1) is 0 Å². The van der Waals surface area contributed by atoms with Gasteiger partial charge in [-0.05, 0) is 56.3 Å². The molecule has 4 rings (SSSR count). The molecular weight excluding hydrogens is 306 g/mol. The summed E-state index contributed by atoms with van der Waals surface area (Å²) in [7, 11) is 0. The molecular formula is C20H28F2N2. The topological polar surface area (TPSA) is 6.48 Å². The molecule has 2 nitrogen and oxygen atoms in total. The summed E-state index contributed by atoms with van der Waals surface area (Å²) in [5.74, 6) is 0.119. The minimum Gasteiger partial charge on any atom is -0.298 e. The molecule has 3 fully saturated rings. The fraction of sp³-hybridized carbons (Fsp3) is 0.700. The molecule has 3 aliphatic rings. The van der Waals surface area contributed by atoms with E-state index < -0.39 is 0 Å². The van der Waals surface area contributed by atoms with Crippen molar-refractivity contribution in [3.63, 3.8) is 0 Å². The van der Waals surface area contributed by atoms with Gasteiger partial charge in [0.2, 0.25) is 0 Å². The Balaban J connectivity index is 1.58. The molecule has 2 aliphatic heterocycles. The summed E-state index contributed by atoms with van der Waals surface area (Å²) in [4.78, 5) is 5.12. The second kappa shape index (κ2) is 7.09. The second-order valence-electron chi connectivity index (χ2n) is 7.84. The van der Waals surface area contributed by atoms with E-state index in [0.29, 0.717) is 24.2 Å². The second-order valence-corrected chi connectivity index (χ2v) is 7.84. The van der Waals surface area contributed by atoms with Gasteiger partial charge < -0.3 is 0 Å². The minimum atomic E-state index is -0.333. The molecule has 0 bridgehead atoms. The molecule has 1 saturated carbocycles. The molecule has 24 heavy (non-hydrogen) atoms. The molecule has 2 atom stereocenters. The van der Waals surface area contributed by atoms with Crippen LogP contribution in [0, 0.1) is 17.6 Å². The lowest BCUT2D eigenvalue weighted by Gasteiger charge is -2.49. The third-order valence-corrected chi connectivity index (χ3v) is 6.42. The van der Waals surface area contributed by atoms with Crippen molar-refractivity contribution in [2.45, 2.75) is 63.6 Å². The molecule has 0 amide bonds. The monoisotopic (exact) mass is 334 g/mol. The lowest BCUT2D eigenvalue weighted by Crippen LogP contribution is -2.59. The first kappa shape index (κ1) is 16.5. The zero-order valence-electron chi connectivity index (χ0n) is 14.4. The highest BCUT2D eigenvalue weighted by Crippen LogP contribution is 2.38. The van der Waals surface area contributed by atoms with Gasteiger partial charge in [0.1, 0.15) is 11.6 Å². The molecule has 2 unspecified atom stereocenters. The predicted molar refractivity (Wildman–Crippen MR) is 91.7 cm³/mol. The van der Waals surface area contributed by atoms with E-state index in [2.05, 4.69) is 9.80 Å². The van der Waals surface area contributed by atoms with E-state index in [9.17, 15) is 8.78 Å². The average Bonchev–Trinajstić information content (AvgIpc) is 3.07. The Morgan fingerprint density at radius 3 is 2.58 bits per heavy atom. The predicted octanol–water partition coefficient (Wildman–Crippen LogP) is 4.19. The van der Waals surface area contributed by atoms with E-state index in [4.69, 9.17) is 0 Å². The van der Waals surface area contributed by atoms with E-state index in [1.807, 2.05) is 0 Å². The third-order valence-electron chi connectivity index (χ3n) is 6.42. The van der Waals surface area contributed by atoms with Crippen LogP contribution >= 0.6 is 0 Å². The fourth-order valence-electron chi connectivity index (χ4n) is 5.32. The summed E-state index contributed by atoms with van der Waals surface area (Å²) >= 11 is 0. The van der Waals surface area contributed by atoms with Crippen LogP contribution in [0.2, 0.25) is 0 Å². The Kier molecular flexibility index (Phi) is 4.86. The first-order valence-electron chi connectivity index (χ1n) is 9.64. The van der Waals surface area contributed by atoms with E-state index >= 15 is 0 Å². The molecule has 2 saturated heterocycles. The van der Waals surface area contributed by atoms with Crippen LogP contribution in [-0.4, -0.2) is 41.5 Å². The van der Waals surface area contributed by atoms with Crippen molar-refractivity contribution in [3.8, 4) is 0 Å². The lowest BCUT2D eigenvalue weighted by molar-refractivity contribution is -0.00435. The third kappa shape index (κ3) is 3.23. The first-order valence-corrected chi connectivity index (χ1v) is 9.64. The highest BCUT2D eigenvalue weighted by molar-refractivity contribution is 5.19. The quantitative estimate of drug-likeness (QED) is 0.818. The summed E-state index contributed by atoms with van der Waals surface area (Å²) in [6, 6.07) is 5.01. The molecule has 0 aromatic heterocycles. The summed E-state index contributed by atoms with van der Waals surface area (Å²) < 4.78 is 27.7. The Labute approximate surface area is 143 Å². The van der Waals surface area contributed by atoms with Gasteiger partial charge in [0, 0.05) is 37.3 Å². The summed E-state index contributed by atoms with van der Waals surface area (Å²) in [6.45, 7) is 3.82. The summed E-state index contributed by atoms with van der Waals surface area (Å²) in [5.41, 5.74) is 0.516. The van der Waals surface area contributed by atoms with Crippen LogP contribution in [-0.2, 0) is 6.54 Å². The average molecular weight is 334 g/mol. The smallest absolute Gasteiger partial charge is 0.127 e. The highest BCUT2D eigenvalue weighted by atomic mass is 19.1. The summed E-state index contributed by atoms with van der Waals surface area (Å²) in [5, 5.41) is 0. The molecule has 2 heterocycles. The van der Waals surface area contributed by atoms with E-state index in [0.717, 1.165) is 19.0 Å². The van der Waals surface area contributed by atoms with Gasteiger partial charge in [-0.1, -0.05) is 19.3 Å². The SMILES string of the molecule is Fc1ccc(F)c(CN2CCN3CCCC3C2C2CCCCC2)c1. The van der Waals surface area contributed by atoms with E-state index in [1.165, 1.54) is 69.7 Å². The number of piperazine rings is 1. The van der Waals surface area contributed by atoms with Gasteiger partial charge in [0.05, 0.1) is 0 Å². The summed E-state index contributed by atoms with van der Waals surface area (Å²) in [6.07, 6.45) is 9.18. The van der Waals surface area contributed by atoms with Crippen LogP contribution in [0.25, 0.3) is 0 Å². The maximum absolute atomic E-state index is 14.2. The molecule has 0 N–H and O–H groups in total. The van der Waals surface area contributed by atoms with Crippen molar-refractivity contribution < 1.29 is 8.78 Å². The van der Waals surface area contributed by atoms with Crippen molar-refractivity contribution in [3.05, 3.63) is 35.4 Å². The largest absolute Gasteiger partial charge is 0.298 e. The molecule has 0 spiro atoms. The zero-order valence-corrected chi connectivity index (χ0v) is 14.4. The van der Waals surface area contributed by atoms with Crippen molar-refractivity contribution in [1.82, 2.24) is 9.80 Å². The minimum absolute atomic E-state index is 0.271. The Morgan fingerprint density at radius 1 is 0.917 bits per heavy atom. The van der Waals surface area contributed by atoms with Gasteiger partial charge in [0.15, 0.2) is 0 Å². The normalized spacial score (nSPS) is 29.8. The molecule has 1 aromatic rings.